The molecular formula is C18H14ClN7O3S. The number of fused-ring (bicyclic) bond motifs is 3. The van der Waals surface area contributed by atoms with Gasteiger partial charge in [0.25, 0.3) is 0 Å². The second-order valence-corrected chi connectivity index (χ2v) is 8.40. The van der Waals surface area contributed by atoms with Gasteiger partial charge in [0.1, 0.15) is 23.5 Å². The van der Waals surface area contributed by atoms with Crippen molar-refractivity contribution >= 4 is 44.6 Å². The minimum absolute atomic E-state index is 0.0201. The topological polar surface area (TPSA) is 117 Å². The largest absolute Gasteiger partial charge is 0.456 e. The minimum atomic E-state index is -0.608. The molecule has 0 saturated carbocycles. The molecule has 0 aliphatic carbocycles. The van der Waals surface area contributed by atoms with Crippen LogP contribution in [0, 0.1) is 30.9 Å². The van der Waals surface area contributed by atoms with Crippen LogP contribution in [0.4, 0.5) is 5.82 Å². The van der Waals surface area contributed by atoms with Gasteiger partial charge in [0, 0.05) is 4.88 Å². The fourth-order valence-electron chi connectivity index (χ4n) is 3.26. The first kappa shape index (κ1) is 18.7. The zero-order chi connectivity index (χ0) is 21.2. The maximum absolute atomic E-state index is 11.0. The number of aromatic nitrogens is 6. The Hall–Kier alpha value is -3.31. The summed E-state index contributed by atoms with van der Waals surface area (Å²) in [6, 6.07) is 3.52. The Balaban J connectivity index is 1.51. The summed E-state index contributed by atoms with van der Waals surface area (Å²) in [7, 11) is 0. The summed E-state index contributed by atoms with van der Waals surface area (Å²) in [4.78, 5) is 21.7. The van der Waals surface area contributed by atoms with Crippen molar-refractivity contribution in [3.05, 3.63) is 55.5 Å². The van der Waals surface area contributed by atoms with Crippen LogP contribution in [0.3, 0.4) is 0 Å². The maximum Gasteiger partial charge on any atom is 0.408 e. The highest BCUT2D eigenvalue weighted by Crippen LogP contribution is 2.32. The van der Waals surface area contributed by atoms with Crippen LogP contribution in [0.15, 0.2) is 22.9 Å². The van der Waals surface area contributed by atoms with Gasteiger partial charge in [-0.3, -0.25) is 0 Å². The molecule has 0 aliphatic heterocycles. The summed E-state index contributed by atoms with van der Waals surface area (Å²) >= 11 is 7.63. The van der Waals surface area contributed by atoms with Crippen LogP contribution in [0.1, 0.15) is 21.9 Å². The molecule has 0 radical (unpaired) electrons. The lowest BCUT2D eigenvalue weighted by molar-refractivity contribution is -0.389. The minimum Gasteiger partial charge on any atom is -0.456 e. The molecule has 0 unspecified atom stereocenters. The van der Waals surface area contributed by atoms with Crippen LogP contribution in [-0.2, 0) is 6.54 Å². The normalized spacial score (nSPS) is 11.7. The van der Waals surface area contributed by atoms with E-state index in [9.17, 15) is 10.1 Å². The van der Waals surface area contributed by atoms with Crippen molar-refractivity contribution in [2.75, 3.05) is 0 Å². The van der Waals surface area contributed by atoms with Gasteiger partial charge in [0.05, 0.1) is 16.2 Å². The molecule has 0 bridgehead atoms. The first-order valence-electron chi connectivity index (χ1n) is 8.91. The highest BCUT2D eigenvalue weighted by molar-refractivity contribution is 7.18. The van der Waals surface area contributed by atoms with E-state index in [-0.39, 0.29) is 17.4 Å². The van der Waals surface area contributed by atoms with Gasteiger partial charge in [-0.15, -0.1) is 16.4 Å². The first-order valence-corrected chi connectivity index (χ1v) is 10.1. The number of rotatable bonds is 4. The molecular weight excluding hydrogens is 430 g/mol. The molecule has 0 aromatic carbocycles. The number of hydrogen-bond donors (Lipinski definition) is 0. The molecule has 5 rings (SSSR count). The summed E-state index contributed by atoms with van der Waals surface area (Å²) in [5.74, 6) is 1.09. The van der Waals surface area contributed by atoms with Gasteiger partial charge < -0.3 is 14.5 Å². The van der Waals surface area contributed by atoms with E-state index in [2.05, 4.69) is 27.1 Å². The predicted molar refractivity (Wildman–Crippen MR) is 111 cm³/mol. The third-order valence-electron chi connectivity index (χ3n) is 4.98. The van der Waals surface area contributed by atoms with Crippen molar-refractivity contribution < 1.29 is 9.34 Å². The van der Waals surface area contributed by atoms with Gasteiger partial charge in [-0.25, -0.2) is 14.5 Å². The van der Waals surface area contributed by atoms with Crippen molar-refractivity contribution in [3.8, 4) is 11.6 Å². The molecule has 0 aliphatic rings. The molecule has 10 nitrogen and oxygen atoms in total. The predicted octanol–water partition coefficient (Wildman–Crippen LogP) is 4.33. The standard InChI is InChI=1S/C18H14ClN7O3S/c1-8-10(3)30-18-13(8)16-21-15(22-25(16)7-20-18)12-5-4-11(29-12)6-24-9(2)14(19)17(23-24)26(27)28/h4-5,7H,6H2,1-3H3. The average Bonchev–Trinajstić information content (AvgIpc) is 3.45. The highest BCUT2D eigenvalue weighted by Gasteiger charge is 2.25. The van der Waals surface area contributed by atoms with Crippen LogP contribution in [-0.4, -0.2) is 34.3 Å². The molecule has 30 heavy (non-hydrogen) atoms. The summed E-state index contributed by atoms with van der Waals surface area (Å²) in [6.07, 6.45) is 1.64. The van der Waals surface area contributed by atoms with Crippen LogP contribution >= 0.6 is 22.9 Å². The second kappa shape index (κ2) is 6.61. The van der Waals surface area contributed by atoms with Crippen LogP contribution < -0.4 is 0 Å². The smallest absolute Gasteiger partial charge is 0.408 e. The van der Waals surface area contributed by atoms with Crippen molar-refractivity contribution in [1.29, 1.82) is 0 Å². The van der Waals surface area contributed by atoms with E-state index in [1.54, 1.807) is 41.2 Å². The Morgan fingerprint density at radius 3 is 2.80 bits per heavy atom. The van der Waals surface area contributed by atoms with Crippen molar-refractivity contribution in [2.24, 2.45) is 0 Å². The van der Waals surface area contributed by atoms with E-state index >= 15 is 0 Å². The third kappa shape index (κ3) is 2.77. The van der Waals surface area contributed by atoms with E-state index < -0.39 is 4.92 Å². The lowest BCUT2D eigenvalue weighted by Gasteiger charge is -1.96. The average molecular weight is 444 g/mol. The molecule has 0 N–H and O–H groups in total. The SMILES string of the molecule is Cc1sc2ncn3nc(-c4ccc(Cn5nc([N+](=O)[O-])c(Cl)c5C)o4)nc3c2c1C. The Kier molecular flexibility index (Phi) is 4.12. The number of halogens is 1. The van der Waals surface area contributed by atoms with Gasteiger partial charge in [0.2, 0.25) is 5.82 Å². The summed E-state index contributed by atoms with van der Waals surface area (Å²) in [6.45, 7) is 5.97. The molecule has 0 spiro atoms. The molecule has 5 aromatic heterocycles. The van der Waals surface area contributed by atoms with Crippen LogP contribution in [0.5, 0.6) is 0 Å². The fourth-order valence-corrected chi connectivity index (χ4v) is 4.45. The number of nitro groups is 1. The number of aryl methyl sites for hydroxylation is 2. The highest BCUT2D eigenvalue weighted by atomic mass is 35.5. The number of hydrogen-bond acceptors (Lipinski definition) is 8. The summed E-state index contributed by atoms with van der Waals surface area (Å²) < 4.78 is 8.96. The first-order chi connectivity index (χ1) is 14.3. The van der Waals surface area contributed by atoms with Gasteiger partial charge in [-0.05, 0) is 43.4 Å². The van der Waals surface area contributed by atoms with Crippen molar-refractivity contribution in [2.45, 2.75) is 27.3 Å². The number of furan rings is 1. The monoisotopic (exact) mass is 443 g/mol. The van der Waals surface area contributed by atoms with E-state index in [0.717, 1.165) is 21.4 Å². The number of nitrogens with zero attached hydrogens (tertiary/aromatic N) is 7. The lowest BCUT2D eigenvalue weighted by Crippen LogP contribution is -2.03. The Morgan fingerprint density at radius 1 is 1.27 bits per heavy atom. The fraction of sp³-hybridized carbons (Fsp3) is 0.222. The van der Waals surface area contributed by atoms with Gasteiger partial charge in [0.15, 0.2) is 16.4 Å². The molecule has 0 saturated heterocycles. The van der Waals surface area contributed by atoms with E-state index in [4.69, 9.17) is 16.0 Å². The summed E-state index contributed by atoms with van der Waals surface area (Å²) in [5, 5.41) is 20.5. The van der Waals surface area contributed by atoms with Crippen molar-refractivity contribution in [3.63, 3.8) is 0 Å². The molecule has 12 heteroatoms. The number of thiophene rings is 1. The Morgan fingerprint density at radius 2 is 2.07 bits per heavy atom. The molecule has 0 atom stereocenters. The second-order valence-electron chi connectivity index (χ2n) is 6.82. The van der Waals surface area contributed by atoms with Gasteiger partial charge in [-0.1, -0.05) is 11.6 Å². The third-order valence-corrected chi connectivity index (χ3v) is 6.54. The molecule has 0 amide bonds. The Labute approximate surface area is 177 Å². The van der Waals surface area contributed by atoms with Crippen LogP contribution in [0.2, 0.25) is 5.02 Å². The Bertz CT molecular complexity index is 1460. The van der Waals surface area contributed by atoms with E-state index in [1.165, 1.54) is 9.56 Å². The zero-order valence-electron chi connectivity index (χ0n) is 16.1. The summed E-state index contributed by atoms with van der Waals surface area (Å²) in [5.41, 5.74) is 2.35. The lowest BCUT2D eigenvalue weighted by atomic mass is 10.2. The molecule has 5 aromatic rings. The molecule has 5 heterocycles. The quantitative estimate of drug-likeness (QED) is 0.299. The maximum atomic E-state index is 11.0. The van der Waals surface area contributed by atoms with Crippen LogP contribution in [0.25, 0.3) is 27.4 Å². The van der Waals surface area contributed by atoms with Gasteiger partial charge in [-0.2, -0.15) is 4.68 Å². The van der Waals surface area contributed by atoms with Crippen molar-refractivity contribution in [1.82, 2.24) is 29.4 Å². The van der Waals surface area contributed by atoms with Gasteiger partial charge >= 0.3 is 5.82 Å². The zero-order valence-corrected chi connectivity index (χ0v) is 17.7. The molecule has 152 valence electrons. The molecule has 0 fully saturated rings. The van der Waals surface area contributed by atoms with E-state index in [0.29, 0.717) is 23.0 Å². The van der Waals surface area contributed by atoms with E-state index in [1.807, 2.05) is 6.92 Å².